The highest BCUT2D eigenvalue weighted by atomic mass is 79.9. The van der Waals surface area contributed by atoms with E-state index in [4.69, 9.17) is 9.47 Å². The number of hydrogen-bond donors (Lipinski definition) is 5. The van der Waals surface area contributed by atoms with Crippen LogP contribution >= 0.6 is 15.9 Å². The van der Waals surface area contributed by atoms with Gasteiger partial charge in [0.05, 0.1) is 38.4 Å². The Morgan fingerprint density at radius 3 is 2.58 bits per heavy atom. The van der Waals surface area contributed by atoms with Crippen LogP contribution in [0.4, 0.5) is 0 Å². The number of allylic oxidation sites excluding steroid dienone is 4. The number of nitrogens with one attached hydrogen (secondary N) is 4. The highest BCUT2D eigenvalue weighted by molar-refractivity contribution is 9.11. The predicted molar refractivity (Wildman–Crippen MR) is 127 cm³/mol. The lowest BCUT2D eigenvalue weighted by Crippen LogP contribution is -2.85. The maximum absolute atomic E-state index is 11.8. The Morgan fingerprint density at radius 1 is 1.39 bits per heavy atom. The molecule has 0 saturated heterocycles. The number of quaternary nitrogens is 1. The summed E-state index contributed by atoms with van der Waals surface area (Å²) < 4.78 is 11.7. The summed E-state index contributed by atoms with van der Waals surface area (Å²) in [6, 6.07) is 0. The maximum Gasteiger partial charge on any atom is 0.353 e. The van der Waals surface area contributed by atoms with Gasteiger partial charge >= 0.3 is 11.9 Å². The molecule has 0 aliphatic heterocycles. The Bertz CT molecular complexity index is 754. The average molecular weight is 500 g/mol. The minimum atomic E-state index is -0.0795. The second-order valence-corrected chi connectivity index (χ2v) is 8.63. The molecule has 0 saturated carbocycles. The van der Waals surface area contributed by atoms with Crippen LogP contribution < -0.4 is 26.3 Å². The standard InChI is InChI=1S/C22H36BrN5O3/c1-14(13-30-6)19(31-7)12-15(2)26-22(25-5)28-20(16(3)23)27-18-10-8-17(9-11-18)21(29)24-4/h8,10-12,14,17,19,27H,9,13H2,1-7H3,(H,24,29)(H2,25,26,28)/p+2. The first-order valence-corrected chi connectivity index (χ1v) is 11.2. The zero-order valence-electron chi connectivity index (χ0n) is 19.6. The van der Waals surface area contributed by atoms with E-state index in [0.29, 0.717) is 19.0 Å². The highest BCUT2D eigenvalue weighted by Crippen LogP contribution is 2.16. The molecule has 1 amide bonds. The normalized spacial score (nSPS) is 19.9. The summed E-state index contributed by atoms with van der Waals surface area (Å²) in [6.07, 6.45) is 8.55. The van der Waals surface area contributed by atoms with Crippen molar-refractivity contribution >= 4 is 27.8 Å². The van der Waals surface area contributed by atoms with E-state index in [1.807, 2.05) is 45.2 Å². The molecule has 1 aliphatic carbocycles. The number of rotatable bonds is 10. The number of carbonyl (C=O) groups excluding carboxylic acids is 1. The molecule has 0 radical (unpaired) electrons. The van der Waals surface area contributed by atoms with E-state index in [9.17, 15) is 4.79 Å². The zero-order valence-corrected chi connectivity index (χ0v) is 21.2. The monoisotopic (exact) mass is 499 g/mol. The number of ether oxygens (including phenoxy) is 2. The van der Waals surface area contributed by atoms with Crippen LogP contribution in [0, 0.1) is 11.8 Å². The summed E-state index contributed by atoms with van der Waals surface area (Å²) in [5, 5.41) is 11.7. The molecule has 31 heavy (non-hydrogen) atoms. The second-order valence-electron chi connectivity index (χ2n) is 7.44. The summed E-state index contributed by atoms with van der Waals surface area (Å²) >= 11 is 3.55. The molecular weight excluding hydrogens is 462 g/mol. The van der Waals surface area contributed by atoms with Gasteiger partial charge in [0.15, 0.2) is 5.82 Å². The van der Waals surface area contributed by atoms with Gasteiger partial charge in [-0.15, -0.1) is 0 Å². The van der Waals surface area contributed by atoms with Gasteiger partial charge in [0.2, 0.25) is 0 Å². The summed E-state index contributed by atoms with van der Waals surface area (Å²) in [7, 11) is 7.00. The Morgan fingerprint density at radius 2 is 2.10 bits per heavy atom. The van der Waals surface area contributed by atoms with E-state index in [1.54, 1.807) is 26.6 Å². The van der Waals surface area contributed by atoms with Crippen molar-refractivity contribution in [2.24, 2.45) is 11.8 Å². The molecule has 0 aromatic heterocycles. The molecule has 0 heterocycles. The first-order valence-electron chi connectivity index (χ1n) is 10.4. The summed E-state index contributed by atoms with van der Waals surface area (Å²) in [5.74, 6) is 1.78. The number of halogens is 1. The van der Waals surface area contributed by atoms with Crippen molar-refractivity contribution in [2.75, 3.05) is 34.9 Å². The molecule has 3 unspecified atom stereocenters. The topological polar surface area (TPSA) is 102 Å². The fraction of sp³-hybridized carbons (Fsp3) is 0.545. The van der Waals surface area contributed by atoms with Crippen molar-refractivity contribution in [1.82, 2.24) is 16.0 Å². The molecule has 1 rings (SSSR count). The van der Waals surface area contributed by atoms with Crippen molar-refractivity contribution < 1.29 is 24.6 Å². The van der Waals surface area contributed by atoms with E-state index in [2.05, 4.69) is 43.8 Å². The molecule has 0 fully saturated rings. The number of amides is 1. The number of carbonyl (C=O) groups is 1. The van der Waals surface area contributed by atoms with E-state index in [0.717, 1.165) is 21.7 Å². The molecule has 174 valence electrons. The molecule has 3 atom stereocenters. The number of guanidine groups is 1. The van der Waals surface area contributed by atoms with Gasteiger partial charge in [0.25, 0.3) is 0 Å². The Labute approximate surface area is 194 Å². The summed E-state index contributed by atoms with van der Waals surface area (Å²) in [4.78, 5) is 15.0. The maximum atomic E-state index is 11.8. The average Bonchev–Trinajstić information content (AvgIpc) is 2.76. The van der Waals surface area contributed by atoms with E-state index >= 15 is 0 Å². The van der Waals surface area contributed by atoms with Gasteiger partial charge in [-0.05, 0) is 32.4 Å². The molecule has 1 aliphatic rings. The first-order chi connectivity index (χ1) is 14.7. The molecule has 0 spiro atoms. The third-order valence-corrected chi connectivity index (χ3v) is 5.26. The lowest BCUT2D eigenvalue weighted by atomic mass is 9.98. The van der Waals surface area contributed by atoms with Crippen molar-refractivity contribution in [3.05, 3.63) is 46.0 Å². The fourth-order valence-electron chi connectivity index (χ4n) is 3.07. The van der Waals surface area contributed by atoms with Crippen LogP contribution in [0.5, 0.6) is 0 Å². The lowest BCUT2D eigenvalue weighted by Gasteiger charge is -2.19. The minimum absolute atomic E-state index is 0.0647. The zero-order chi connectivity index (χ0) is 23.4. The molecule has 9 heteroatoms. The quantitative estimate of drug-likeness (QED) is 0.210. The van der Waals surface area contributed by atoms with E-state index in [1.165, 1.54) is 0 Å². The number of nitrogens with two attached hydrogens (primary N) is 1. The van der Waals surface area contributed by atoms with Crippen molar-refractivity contribution in [3.63, 3.8) is 0 Å². The van der Waals surface area contributed by atoms with Gasteiger partial charge in [-0.1, -0.05) is 35.0 Å². The molecule has 8 nitrogen and oxygen atoms in total. The van der Waals surface area contributed by atoms with Crippen molar-refractivity contribution in [2.45, 2.75) is 33.3 Å². The molecule has 0 bridgehead atoms. The van der Waals surface area contributed by atoms with Gasteiger partial charge in [-0.25, -0.2) is 15.4 Å². The summed E-state index contributed by atoms with van der Waals surface area (Å²) in [5.41, 5.74) is 1.86. The van der Waals surface area contributed by atoms with Crippen LogP contribution in [0.25, 0.3) is 0 Å². The van der Waals surface area contributed by atoms with Crippen LogP contribution in [0.2, 0.25) is 0 Å². The first kappa shape index (κ1) is 27.1. The van der Waals surface area contributed by atoms with Crippen LogP contribution in [-0.4, -0.2) is 52.9 Å². The van der Waals surface area contributed by atoms with Gasteiger partial charge in [0, 0.05) is 30.3 Å². The molecule has 0 aromatic carbocycles. The Hall–Kier alpha value is -1.94. The van der Waals surface area contributed by atoms with Crippen LogP contribution in [0.3, 0.4) is 0 Å². The minimum Gasteiger partial charge on any atom is -0.384 e. The fourth-order valence-corrected chi connectivity index (χ4v) is 3.27. The number of methoxy groups -OCH3 is 2. The van der Waals surface area contributed by atoms with Gasteiger partial charge in [-0.3, -0.25) is 10.3 Å². The van der Waals surface area contributed by atoms with Gasteiger partial charge in [0.1, 0.15) is 0 Å². The van der Waals surface area contributed by atoms with E-state index < -0.39 is 0 Å². The molecule has 6 N–H and O–H groups in total. The third kappa shape index (κ3) is 9.39. The van der Waals surface area contributed by atoms with Crippen molar-refractivity contribution in [3.8, 4) is 0 Å². The summed E-state index contributed by atoms with van der Waals surface area (Å²) in [6.45, 7) is 6.64. The lowest BCUT2D eigenvalue weighted by molar-refractivity contribution is -0.541. The Kier molecular flexibility index (Phi) is 12.4. The van der Waals surface area contributed by atoms with Gasteiger partial charge < -0.3 is 14.8 Å². The SMILES string of the molecule is C[NH+]=C(NC(C)=CC(OC)C(C)COC)NC(NC1=CCC(C(=O)[NH2+]C)C=C1)=C(C)Br. The molecule has 0 aromatic rings. The van der Waals surface area contributed by atoms with Gasteiger partial charge in [-0.2, -0.15) is 0 Å². The van der Waals surface area contributed by atoms with Crippen LogP contribution in [0.15, 0.2) is 46.0 Å². The van der Waals surface area contributed by atoms with E-state index in [-0.39, 0.29) is 23.8 Å². The number of hydrogen-bond acceptors (Lipinski definition) is 4. The van der Waals surface area contributed by atoms with Crippen molar-refractivity contribution in [1.29, 1.82) is 0 Å². The van der Waals surface area contributed by atoms with Crippen LogP contribution in [-0.2, 0) is 14.3 Å². The second kappa shape index (κ2) is 14.2. The highest BCUT2D eigenvalue weighted by Gasteiger charge is 2.21. The molecular formula is C22H38BrN5O3+2. The Balaban J connectivity index is 2.80. The number of primary amides is 1. The largest absolute Gasteiger partial charge is 0.384 e. The smallest absolute Gasteiger partial charge is 0.353 e. The third-order valence-electron chi connectivity index (χ3n) is 4.86. The van der Waals surface area contributed by atoms with Crippen LogP contribution in [0.1, 0.15) is 27.2 Å². The predicted octanol–water partition coefficient (Wildman–Crippen LogP) is -0.213.